The van der Waals surface area contributed by atoms with Gasteiger partial charge in [0.25, 0.3) is 5.91 Å². The summed E-state index contributed by atoms with van der Waals surface area (Å²) < 4.78 is 5.33. The van der Waals surface area contributed by atoms with E-state index >= 15 is 0 Å². The molecule has 1 N–H and O–H groups in total. The van der Waals surface area contributed by atoms with Crippen molar-refractivity contribution in [1.82, 2.24) is 0 Å². The van der Waals surface area contributed by atoms with E-state index in [1.54, 1.807) is 18.2 Å². The van der Waals surface area contributed by atoms with Crippen molar-refractivity contribution in [3.8, 4) is 0 Å². The normalized spacial score (nSPS) is 10.3. The first kappa shape index (κ1) is 11.8. The van der Waals surface area contributed by atoms with Crippen LogP contribution in [0.1, 0.15) is 5.76 Å². The second-order valence-electron chi connectivity index (χ2n) is 3.60. The zero-order chi connectivity index (χ0) is 13.3. The number of para-hydroxylation sites is 1. The van der Waals surface area contributed by atoms with E-state index in [2.05, 4.69) is 0 Å². The standard InChI is InChI=1S/C12H9NO5/c1-6-9(13-11(15)12(16)17)10(14)7-4-2-3-5-8(7)18-6/h2-5H,1H3,(H,13,15)(H,16,17)/p-1. The number of carbonyl (C=O) groups excluding carboxylic acids is 2. The van der Waals surface area contributed by atoms with Crippen molar-refractivity contribution >= 4 is 28.5 Å². The second-order valence-corrected chi connectivity index (χ2v) is 3.60. The molecule has 0 bridgehead atoms. The molecule has 18 heavy (non-hydrogen) atoms. The van der Waals surface area contributed by atoms with Crippen LogP contribution in [-0.2, 0) is 9.59 Å². The van der Waals surface area contributed by atoms with Gasteiger partial charge < -0.3 is 19.6 Å². The van der Waals surface area contributed by atoms with E-state index in [0.29, 0.717) is 5.58 Å². The molecule has 0 saturated heterocycles. The number of anilines is 1. The lowest BCUT2D eigenvalue weighted by atomic mass is 10.2. The molecule has 0 saturated carbocycles. The predicted molar refractivity (Wildman–Crippen MR) is 60.9 cm³/mol. The van der Waals surface area contributed by atoms with Crippen LogP contribution in [0.15, 0.2) is 33.5 Å². The Kier molecular flexibility index (Phi) is 2.85. The molecule has 0 aliphatic heterocycles. The van der Waals surface area contributed by atoms with Crippen LogP contribution in [0.4, 0.5) is 5.69 Å². The monoisotopic (exact) mass is 246 g/mol. The van der Waals surface area contributed by atoms with Gasteiger partial charge in [0, 0.05) is 0 Å². The minimum Gasteiger partial charge on any atom is -0.540 e. The van der Waals surface area contributed by atoms with Gasteiger partial charge in [0.2, 0.25) is 5.43 Å². The van der Waals surface area contributed by atoms with Crippen molar-refractivity contribution in [1.29, 1.82) is 0 Å². The van der Waals surface area contributed by atoms with E-state index in [1.165, 1.54) is 13.0 Å². The average molecular weight is 246 g/mol. The molecule has 0 spiro atoms. The third kappa shape index (κ3) is 1.95. The number of carboxylic acid groups (broad SMARTS) is 1. The van der Waals surface area contributed by atoms with Crippen molar-refractivity contribution in [3.63, 3.8) is 0 Å². The largest absolute Gasteiger partial charge is 0.540 e. The first-order valence-electron chi connectivity index (χ1n) is 5.05. The Labute approximate surface area is 101 Å². The van der Waals surface area contributed by atoms with Gasteiger partial charge in [-0.25, -0.2) is 0 Å². The fourth-order valence-corrected chi connectivity index (χ4v) is 1.56. The summed E-state index contributed by atoms with van der Waals surface area (Å²) in [6.45, 7) is 1.46. The molecule has 1 heterocycles. The van der Waals surface area contributed by atoms with Gasteiger partial charge >= 0.3 is 0 Å². The number of fused-ring (bicyclic) bond motifs is 1. The molecular formula is C12H8NO5-. The van der Waals surface area contributed by atoms with Crippen LogP contribution < -0.4 is 15.9 Å². The Hall–Kier alpha value is -2.63. The van der Waals surface area contributed by atoms with Crippen LogP contribution in [-0.4, -0.2) is 11.9 Å². The number of carboxylic acids is 1. The summed E-state index contributed by atoms with van der Waals surface area (Å²) in [7, 11) is 0. The molecule has 0 fully saturated rings. The first-order valence-corrected chi connectivity index (χ1v) is 5.05. The van der Waals surface area contributed by atoms with Gasteiger partial charge in [0.1, 0.15) is 23.0 Å². The summed E-state index contributed by atoms with van der Waals surface area (Å²) in [5.74, 6) is -3.17. The van der Waals surface area contributed by atoms with Crippen molar-refractivity contribution in [3.05, 3.63) is 40.2 Å². The number of nitrogens with one attached hydrogen (secondary N) is 1. The van der Waals surface area contributed by atoms with Crippen LogP contribution >= 0.6 is 0 Å². The van der Waals surface area contributed by atoms with Crippen LogP contribution in [0.5, 0.6) is 0 Å². The molecule has 92 valence electrons. The summed E-state index contributed by atoms with van der Waals surface area (Å²) in [5.41, 5.74) is -0.321. The minimum atomic E-state index is -1.91. The Morgan fingerprint density at radius 1 is 1.28 bits per heavy atom. The van der Waals surface area contributed by atoms with Crippen LogP contribution in [0.25, 0.3) is 11.0 Å². The molecule has 0 radical (unpaired) electrons. The molecule has 0 aliphatic rings. The maximum atomic E-state index is 12.0. The number of carbonyl (C=O) groups is 2. The molecule has 0 atom stereocenters. The zero-order valence-corrected chi connectivity index (χ0v) is 9.35. The van der Waals surface area contributed by atoms with Gasteiger partial charge in [-0.2, -0.15) is 0 Å². The van der Waals surface area contributed by atoms with Gasteiger partial charge in [-0.3, -0.25) is 9.59 Å². The number of benzene rings is 1. The van der Waals surface area contributed by atoms with E-state index in [0.717, 1.165) is 0 Å². The smallest absolute Gasteiger partial charge is 0.271 e. The average Bonchev–Trinajstić information content (AvgIpc) is 2.34. The maximum Gasteiger partial charge on any atom is 0.271 e. The highest BCUT2D eigenvalue weighted by atomic mass is 16.4. The minimum absolute atomic E-state index is 0.133. The number of hydrogen-bond acceptors (Lipinski definition) is 5. The highest BCUT2D eigenvalue weighted by Gasteiger charge is 2.13. The number of rotatable bonds is 1. The summed E-state index contributed by atoms with van der Waals surface area (Å²) in [6.07, 6.45) is 0. The van der Waals surface area contributed by atoms with Gasteiger partial charge in [-0.05, 0) is 19.1 Å². The van der Waals surface area contributed by atoms with E-state index in [-0.39, 0.29) is 16.8 Å². The van der Waals surface area contributed by atoms with E-state index in [1.807, 2.05) is 5.32 Å². The van der Waals surface area contributed by atoms with E-state index < -0.39 is 17.3 Å². The quantitative estimate of drug-likeness (QED) is 0.702. The predicted octanol–water partition coefficient (Wildman–Crippen LogP) is -0.210. The lowest BCUT2D eigenvalue weighted by Gasteiger charge is -2.08. The van der Waals surface area contributed by atoms with Crippen LogP contribution in [0.3, 0.4) is 0 Å². The van der Waals surface area contributed by atoms with Crippen LogP contribution in [0, 0.1) is 6.92 Å². The first-order chi connectivity index (χ1) is 8.50. The second kappa shape index (κ2) is 4.33. The van der Waals surface area contributed by atoms with Gasteiger partial charge in [-0.15, -0.1) is 0 Å². The summed E-state index contributed by atoms with van der Waals surface area (Å²) in [4.78, 5) is 33.4. The molecule has 0 aliphatic carbocycles. The van der Waals surface area contributed by atoms with Gasteiger partial charge in [0.15, 0.2) is 0 Å². The zero-order valence-electron chi connectivity index (χ0n) is 9.35. The molecule has 6 nitrogen and oxygen atoms in total. The highest BCUT2D eigenvalue weighted by molar-refractivity contribution is 6.35. The SMILES string of the molecule is Cc1oc2ccccc2c(=O)c1NC(=O)C(=O)[O-]. The fourth-order valence-electron chi connectivity index (χ4n) is 1.56. The molecule has 1 aromatic heterocycles. The Morgan fingerprint density at radius 3 is 2.61 bits per heavy atom. The van der Waals surface area contributed by atoms with Gasteiger partial charge in [-0.1, -0.05) is 12.1 Å². The Balaban J connectivity index is 2.61. The number of amides is 1. The molecule has 1 amide bonds. The van der Waals surface area contributed by atoms with Crippen molar-refractivity contribution < 1.29 is 19.1 Å². The maximum absolute atomic E-state index is 12.0. The summed E-state index contributed by atoms with van der Waals surface area (Å²) in [6, 6.07) is 6.46. The summed E-state index contributed by atoms with van der Waals surface area (Å²) in [5, 5.41) is 12.6. The highest BCUT2D eigenvalue weighted by Crippen LogP contribution is 2.17. The molecule has 0 unspecified atom stereocenters. The summed E-state index contributed by atoms with van der Waals surface area (Å²) >= 11 is 0. The lowest BCUT2D eigenvalue weighted by Crippen LogP contribution is -2.37. The Morgan fingerprint density at radius 2 is 1.94 bits per heavy atom. The molecular weight excluding hydrogens is 238 g/mol. The fraction of sp³-hybridized carbons (Fsp3) is 0.0833. The third-order valence-electron chi connectivity index (χ3n) is 2.40. The molecule has 2 aromatic rings. The van der Waals surface area contributed by atoms with Crippen LogP contribution in [0.2, 0.25) is 0 Å². The van der Waals surface area contributed by atoms with Gasteiger partial charge in [0.05, 0.1) is 5.39 Å². The lowest BCUT2D eigenvalue weighted by molar-refractivity contribution is -0.299. The topological polar surface area (TPSA) is 99.4 Å². The van der Waals surface area contributed by atoms with E-state index in [4.69, 9.17) is 4.42 Å². The van der Waals surface area contributed by atoms with Crippen molar-refractivity contribution in [2.24, 2.45) is 0 Å². The van der Waals surface area contributed by atoms with E-state index in [9.17, 15) is 19.5 Å². The number of aliphatic carboxylic acids is 1. The number of hydrogen-bond donors (Lipinski definition) is 1. The Bertz CT molecular complexity index is 701. The number of aryl methyl sites for hydroxylation is 1. The van der Waals surface area contributed by atoms with Crippen molar-refractivity contribution in [2.45, 2.75) is 6.92 Å². The molecule has 6 heteroatoms. The molecule has 2 rings (SSSR count). The van der Waals surface area contributed by atoms with Crippen molar-refractivity contribution in [2.75, 3.05) is 5.32 Å². The molecule has 1 aromatic carbocycles. The third-order valence-corrected chi connectivity index (χ3v) is 2.40.